The van der Waals surface area contributed by atoms with Gasteiger partial charge in [0, 0.05) is 20.0 Å². The van der Waals surface area contributed by atoms with Gasteiger partial charge in [-0.2, -0.15) is 0 Å². The first-order valence-electron chi connectivity index (χ1n) is 5.90. The van der Waals surface area contributed by atoms with Crippen LogP contribution in [0.2, 0.25) is 0 Å². The van der Waals surface area contributed by atoms with Crippen LogP contribution in [0.4, 0.5) is 0 Å². The summed E-state index contributed by atoms with van der Waals surface area (Å²) in [4.78, 5) is 21.8. The summed E-state index contributed by atoms with van der Waals surface area (Å²) in [6.07, 6.45) is 3.37. The number of halogens is 1. The summed E-state index contributed by atoms with van der Waals surface area (Å²) in [5.74, 6) is 0.800. The first kappa shape index (κ1) is 16.2. The van der Waals surface area contributed by atoms with Gasteiger partial charge in [0.25, 0.3) is 0 Å². The van der Waals surface area contributed by atoms with Gasteiger partial charge >= 0.3 is 0 Å². The normalized spacial score (nSPS) is 13.7. The molecule has 17 heavy (non-hydrogen) atoms. The molecule has 0 aromatic heterocycles. The molecule has 0 atom stereocenters. The van der Waals surface area contributed by atoms with E-state index in [2.05, 4.69) is 16.0 Å². The Kier molecular flexibility index (Phi) is 8.80. The fraction of sp³-hybridized carbons (Fsp3) is 0.818. The Hall–Kier alpha value is -0.810. The van der Waals surface area contributed by atoms with Crippen LogP contribution < -0.4 is 16.0 Å². The summed E-state index contributed by atoms with van der Waals surface area (Å²) in [6.45, 7) is 4.08. The van der Waals surface area contributed by atoms with Crippen molar-refractivity contribution in [1.82, 2.24) is 16.0 Å². The number of carbonyl (C=O) groups excluding carboxylic acids is 2. The molecule has 0 bridgehead atoms. The zero-order valence-electron chi connectivity index (χ0n) is 10.3. The number of amides is 2. The number of hydrogen-bond donors (Lipinski definition) is 3. The molecule has 0 saturated heterocycles. The van der Waals surface area contributed by atoms with Crippen LogP contribution in [-0.2, 0) is 9.59 Å². The zero-order chi connectivity index (χ0) is 11.8. The molecular formula is C11H22ClN3O2. The molecule has 1 rings (SSSR count). The molecule has 0 unspecified atom stereocenters. The van der Waals surface area contributed by atoms with Crippen LogP contribution >= 0.6 is 12.4 Å². The molecule has 100 valence electrons. The molecule has 3 N–H and O–H groups in total. The summed E-state index contributed by atoms with van der Waals surface area (Å²) in [7, 11) is 0. The average molecular weight is 264 g/mol. The van der Waals surface area contributed by atoms with Crippen molar-refractivity contribution in [3.8, 4) is 0 Å². The topological polar surface area (TPSA) is 70.2 Å². The van der Waals surface area contributed by atoms with E-state index in [1.165, 1.54) is 19.8 Å². The number of hydrogen-bond acceptors (Lipinski definition) is 3. The van der Waals surface area contributed by atoms with Gasteiger partial charge in [0.05, 0.1) is 6.54 Å². The lowest BCUT2D eigenvalue weighted by molar-refractivity contribution is -0.120. The van der Waals surface area contributed by atoms with Crippen LogP contribution in [0, 0.1) is 5.92 Å². The van der Waals surface area contributed by atoms with Crippen molar-refractivity contribution in [3.63, 3.8) is 0 Å². The molecule has 0 aromatic rings. The predicted octanol–water partition coefficient (Wildman–Crippen LogP) is 0.0502. The molecule has 1 saturated carbocycles. The molecule has 0 spiro atoms. The highest BCUT2D eigenvalue weighted by molar-refractivity contribution is 5.85. The summed E-state index contributed by atoms with van der Waals surface area (Å²) in [5.41, 5.74) is 0. The van der Waals surface area contributed by atoms with Crippen LogP contribution in [0.15, 0.2) is 0 Å². The quantitative estimate of drug-likeness (QED) is 0.542. The second kappa shape index (κ2) is 9.24. The van der Waals surface area contributed by atoms with E-state index < -0.39 is 0 Å². The smallest absolute Gasteiger partial charge is 0.233 e. The molecule has 0 aliphatic heterocycles. The van der Waals surface area contributed by atoms with Crippen LogP contribution in [0.5, 0.6) is 0 Å². The maximum absolute atomic E-state index is 11.3. The highest BCUT2D eigenvalue weighted by atomic mass is 35.5. The van der Waals surface area contributed by atoms with Crippen LogP contribution in [0.25, 0.3) is 0 Å². The van der Waals surface area contributed by atoms with Gasteiger partial charge in [-0.1, -0.05) is 0 Å². The molecule has 0 radical (unpaired) electrons. The second-order valence-corrected chi connectivity index (χ2v) is 4.26. The molecule has 1 aliphatic carbocycles. The van der Waals surface area contributed by atoms with Gasteiger partial charge in [-0.05, 0) is 31.7 Å². The van der Waals surface area contributed by atoms with Gasteiger partial charge in [0.15, 0.2) is 0 Å². The molecule has 1 aliphatic rings. The monoisotopic (exact) mass is 263 g/mol. The first-order valence-corrected chi connectivity index (χ1v) is 5.90. The fourth-order valence-corrected chi connectivity index (χ4v) is 1.35. The van der Waals surface area contributed by atoms with E-state index in [0.29, 0.717) is 19.6 Å². The minimum atomic E-state index is -0.0302. The third-order valence-electron chi connectivity index (χ3n) is 2.47. The lowest BCUT2D eigenvalue weighted by Gasteiger charge is -2.06. The lowest BCUT2D eigenvalue weighted by atomic mass is 10.4. The summed E-state index contributed by atoms with van der Waals surface area (Å²) < 4.78 is 0. The van der Waals surface area contributed by atoms with Gasteiger partial charge in [-0.25, -0.2) is 0 Å². The third kappa shape index (κ3) is 10.1. The SMILES string of the molecule is CC(=O)NCCCNC(=O)CNCC1CC1.Cl. The maximum Gasteiger partial charge on any atom is 0.233 e. The van der Waals surface area contributed by atoms with Gasteiger partial charge in [0.2, 0.25) is 11.8 Å². The van der Waals surface area contributed by atoms with Crippen molar-refractivity contribution < 1.29 is 9.59 Å². The number of rotatable bonds is 8. The van der Waals surface area contributed by atoms with E-state index in [9.17, 15) is 9.59 Å². The Morgan fingerprint density at radius 1 is 1.18 bits per heavy atom. The minimum absolute atomic E-state index is 0. The molecule has 2 amide bonds. The molecule has 5 nitrogen and oxygen atoms in total. The molecule has 0 aromatic carbocycles. The van der Waals surface area contributed by atoms with Gasteiger partial charge in [-0.3, -0.25) is 9.59 Å². The highest BCUT2D eigenvalue weighted by Crippen LogP contribution is 2.27. The largest absolute Gasteiger partial charge is 0.356 e. The Morgan fingerprint density at radius 3 is 2.41 bits per heavy atom. The van der Waals surface area contributed by atoms with E-state index in [1.54, 1.807) is 0 Å². The first-order chi connectivity index (χ1) is 7.68. The summed E-state index contributed by atoms with van der Waals surface area (Å²) in [6, 6.07) is 0. The van der Waals surface area contributed by atoms with Crippen molar-refractivity contribution in [2.75, 3.05) is 26.2 Å². The molecular weight excluding hydrogens is 242 g/mol. The number of carbonyl (C=O) groups is 2. The van der Waals surface area contributed by atoms with Gasteiger partial charge < -0.3 is 16.0 Å². The second-order valence-electron chi connectivity index (χ2n) is 4.26. The lowest BCUT2D eigenvalue weighted by Crippen LogP contribution is -2.36. The van der Waals surface area contributed by atoms with Crippen LogP contribution in [-0.4, -0.2) is 38.0 Å². The minimum Gasteiger partial charge on any atom is -0.356 e. The standard InChI is InChI=1S/C11H21N3O2.ClH/c1-9(15)13-5-2-6-14-11(16)8-12-7-10-3-4-10;/h10,12H,2-8H2,1H3,(H,13,15)(H,14,16);1H. The van der Waals surface area contributed by atoms with E-state index >= 15 is 0 Å². The Bertz CT molecular complexity index is 245. The van der Waals surface area contributed by atoms with Crippen molar-refractivity contribution >= 4 is 24.2 Å². The molecule has 6 heteroatoms. The number of nitrogens with one attached hydrogen (secondary N) is 3. The third-order valence-corrected chi connectivity index (χ3v) is 2.47. The Labute approximate surface area is 109 Å². The van der Waals surface area contributed by atoms with Gasteiger partial charge in [0.1, 0.15) is 0 Å². The van der Waals surface area contributed by atoms with Gasteiger partial charge in [-0.15, -0.1) is 12.4 Å². The Morgan fingerprint density at radius 2 is 1.82 bits per heavy atom. The zero-order valence-corrected chi connectivity index (χ0v) is 11.1. The van der Waals surface area contributed by atoms with Crippen LogP contribution in [0.3, 0.4) is 0 Å². The van der Waals surface area contributed by atoms with Crippen LogP contribution in [0.1, 0.15) is 26.2 Å². The van der Waals surface area contributed by atoms with Crippen molar-refractivity contribution in [2.45, 2.75) is 26.2 Å². The summed E-state index contributed by atoms with van der Waals surface area (Å²) >= 11 is 0. The predicted molar refractivity (Wildman–Crippen MR) is 69.2 cm³/mol. The van der Waals surface area contributed by atoms with Crippen molar-refractivity contribution in [1.29, 1.82) is 0 Å². The van der Waals surface area contributed by atoms with E-state index in [4.69, 9.17) is 0 Å². The Balaban J connectivity index is 0.00000256. The van der Waals surface area contributed by atoms with Crippen molar-refractivity contribution in [2.24, 2.45) is 5.92 Å². The maximum atomic E-state index is 11.3. The fourth-order valence-electron chi connectivity index (χ4n) is 1.35. The summed E-state index contributed by atoms with van der Waals surface area (Å²) in [5, 5.41) is 8.60. The van der Waals surface area contributed by atoms with E-state index in [1.807, 2.05) is 0 Å². The highest BCUT2D eigenvalue weighted by Gasteiger charge is 2.20. The molecule has 1 fully saturated rings. The average Bonchev–Trinajstić information content (AvgIpc) is 3.00. The van der Waals surface area contributed by atoms with Crippen molar-refractivity contribution in [3.05, 3.63) is 0 Å². The van der Waals surface area contributed by atoms with E-state index in [-0.39, 0.29) is 24.2 Å². The molecule has 0 heterocycles. The van der Waals surface area contributed by atoms with E-state index in [0.717, 1.165) is 18.9 Å².